The minimum absolute atomic E-state index is 0. The molecule has 1 aromatic heterocycles. The van der Waals surface area contributed by atoms with Crippen LogP contribution in [0.5, 0.6) is 0 Å². The molecule has 1 N–H and O–H groups in total. The van der Waals surface area contributed by atoms with Gasteiger partial charge >= 0.3 is 0 Å². The molecular formula is C25H35Cl3N2O. The summed E-state index contributed by atoms with van der Waals surface area (Å²) in [6.07, 6.45) is 16.8. The summed E-state index contributed by atoms with van der Waals surface area (Å²) < 4.78 is 2.01. The fraction of sp³-hybridized carbons (Fsp3) is 0.520. The molecule has 0 atom stereocenters. The zero-order valence-corrected chi connectivity index (χ0v) is 20.8. The number of carbonyl (C=O) groups is 1. The molecule has 172 valence electrons. The van der Waals surface area contributed by atoms with E-state index in [4.69, 9.17) is 23.2 Å². The van der Waals surface area contributed by atoms with Gasteiger partial charge in [0.1, 0.15) is 0 Å². The maximum atomic E-state index is 12.3. The Hall–Kier alpha value is -1.29. The molecule has 1 amide bonds. The van der Waals surface area contributed by atoms with Crippen LogP contribution in [0.4, 0.5) is 0 Å². The van der Waals surface area contributed by atoms with Gasteiger partial charge in [0, 0.05) is 24.2 Å². The Labute approximate surface area is 203 Å². The first-order valence-corrected chi connectivity index (χ1v) is 12.1. The molecule has 31 heavy (non-hydrogen) atoms. The van der Waals surface area contributed by atoms with Crippen LogP contribution in [0.15, 0.2) is 42.7 Å². The lowest BCUT2D eigenvalue weighted by Gasteiger charge is -2.06. The lowest BCUT2D eigenvalue weighted by Crippen LogP contribution is -3.00. The third-order valence-electron chi connectivity index (χ3n) is 5.32. The Morgan fingerprint density at radius 3 is 2.00 bits per heavy atom. The molecule has 0 radical (unpaired) electrons. The normalized spacial score (nSPS) is 10.5. The van der Waals surface area contributed by atoms with Crippen molar-refractivity contribution < 1.29 is 21.8 Å². The largest absolute Gasteiger partial charge is 1.00 e. The van der Waals surface area contributed by atoms with Crippen molar-refractivity contribution in [3.63, 3.8) is 0 Å². The second-order valence-electron chi connectivity index (χ2n) is 7.95. The summed E-state index contributed by atoms with van der Waals surface area (Å²) in [5, 5.41) is 4.14. The number of pyridine rings is 1. The predicted molar refractivity (Wildman–Crippen MR) is 126 cm³/mol. The van der Waals surface area contributed by atoms with Crippen molar-refractivity contribution in [1.29, 1.82) is 0 Å². The predicted octanol–water partition coefficient (Wildman–Crippen LogP) is 3.98. The van der Waals surface area contributed by atoms with Crippen LogP contribution in [0.2, 0.25) is 10.0 Å². The van der Waals surface area contributed by atoms with Gasteiger partial charge in [-0.15, -0.1) is 0 Å². The third kappa shape index (κ3) is 11.2. The van der Waals surface area contributed by atoms with Gasteiger partial charge in [-0.3, -0.25) is 4.79 Å². The third-order valence-corrected chi connectivity index (χ3v) is 6.06. The zero-order valence-electron chi connectivity index (χ0n) is 18.5. The average Bonchev–Trinajstić information content (AvgIpc) is 2.75. The van der Waals surface area contributed by atoms with Gasteiger partial charge in [0.15, 0.2) is 18.9 Å². The maximum absolute atomic E-state index is 12.3. The number of nitrogens with zero attached hydrogens (tertiary/aromatic N) is 1. The molecule has 0 aliphatic carbocycles. The molecule has 2 rings (SSSR count). The highest BCUT2D eigenvalue weighted by Gasteiger charge is 2.09. The highest BCUT2D eigenvalue weighted by atomic mass is 35.5. The van der Waals surface area contributed by atoms with E-state index < -0.39 is 0 Å². The van der Waals surface area contributed by atoms with Crippen LogP contribution in [0.1, 0.15) is 87.1 Å². The fourth-order valence-electron chi connectivity index (χ4n) is 3.48. The van der Waals surface area contributed by atoms with E-state index in [2.05, 4.69) is 12.2 Å². The van der Waals surface area contributed by atoms with Crippen molar-refractivity contribution in [2.24, 2.45) is 0 Å². The average molecular weight is 486 g/mol. The Morgan fingerprint density at radius 2 is 1.42 bits per heavy atom. The number of nitrogens with one attached hydrogen (secondary N) is 1. The van der Waals surface area contributed by atoms with E-state index in [9.17, 15) is 4.79 Å². The molecule has 1 heterocycles. The van der Waals surface area contributed by atoms with Gasteiger partial charge in [0.25, 0.3) is 5.91 Å². The number of benzene rings is 1. The van der Waals surface area contributed by atoms with Crippen molar-refractivity contribution in [3.05, 3.63) is 63.9 Å². The first-order valence-electron chi connectivity index (χ1n) is 11.3. The van der Waals surface area contributed by atoms with Gasteiger partial charge in [-0.25, -0.2) is 4.57 Å². The Kier molecular flexibility index (Phi) is 14.6. The van der Waals surface area contributed by atoms with E-state index >= 15 is 0 Å². The number of hydrogen-bond donors (Lipinski definition) is 1. The van der Waals surface area contributed by atoms with Crippen molar-refractivity contribution in [2.75, 3.05) is 6.54 Å². The standard InChI is InChI=1S/C25H34Cl2N2O.ClH/c1-2-3-4-5-6-7-8-9-10-11-16-28-25(30)22-14-17-29(18-15-22)20-21-12-13-23(26)24(27)19-21;/h12-15,17-19H,2-11,16,20H2,1H3;1H. The quantitative estimate of drug-likeness (QED) is 0.319. The minimum atomic E-state index is -0.00684. The number of aromatic nitrogens is 1. The van der Waals surface area contributed by atoms with Crippen LogP contribution >= 0.6 is 23.2 Å². The van der Waals surface area contributed by atoms with Crippen LogP contribution in [0.25, 0.3) is 0 Å². The van der Waals surface area contributed by atoms with Crippen molar-refractivity contribution in [2.45, 2.75) is 77.7 Å². The van der Waals surface area contributed by atoms with E-state index in [1.54, 1.807) is 6.07 Å². The fourth-order valence-corrected chi connectivity index (χ4v) is 3.80. The van der Waals surface area contributed by atoms with Crippen molar-refractivity contribution >= 4 is 29.1 Å². The first kappa shape index (κ1) is 27.7. The highest BCUT2D eigenvalue weighted by molar-refractivity contribution is 6.42. The van der Waals surface area contributed by atoms with E-state index in [0.29, 0.717) is 22.2 Å². The van der Waals surface area contributed by atoms with Gasteiger partial charge in [0.05, 0.1) is 15.6 Å². The monoisotopic (exact) mass is 484 g/mol. The number of rotatable bonds is 14. The van der Waals surface area contributed by atoms with Crippen LogP contribution in [0.3, 0.4) is 0 Å². The number of hydrogen-bond acceptors (Lipinski definition) is 1. The van der Waals surface area contributed by atoms with Crippen molar-refractivity contribution in [3.8, 4) is 0 Å². The minimum Gasteiger partial charge on any atom is -1.00 e. The van der Waals surface area contributed by atoms with E-state index in [1.807, 2.05) is 41.2 Å². The second kappa shape index (κ2) is 16.4. The molecule has 0 spiro atoms. The number of amides is 1. The maximum Gasteiger partial charge on any atom is 0.251 e. The molecule has 6 heteroatoms. The summed E-state index contributed by atoms with van der Waals surface area (Å²) in [5.41, 5.74) is 1.75. The Bertz CT molecular complexity index is 766. The van der Waals surface area contributed by atoms with Crippen molar-refractivity contribution in [1.82, 2.24) is 5.32 Å². The second-order valence-corrected chi connectivity index (χ2v) is 8.76. The van der Waals surface area contributed by atoms with Gasteiger partial charge in [-0.1, -0.05) is 94.0 Å². The summed E-state index contributed by atoms with van der Waals surface area (Å²) >= 11 is 12.0. The smallest absolute Gasteiger partial charge is 0.251 e. The lowest BCUT2D eigenvalue weighted by atomic mass is 10.1. The molecule has 3 nitrogen and oxygen atoms in total. The molecule has 1 aromatic carbocycles. The van der Waals surface area contributed by atoms with Gasteiger partial charge in [-0.2, -0.15) is 0 Å². The Balaban J connectivity index is 0.00000480. The first-order chi connectivity index (χ1) is 14.6. The summed E-state index contributed by atoms with van der Waals surface area (Å²) in [6, 6.07) is 9.32. The van der Waals surface area contributed by atoms with Gasteiger partial charge < -0.3 is 17.7 Å². The number of halogens is 3. The summed E-state index contributed by atoms with van der Waals surface area (Å²) in [6.45, 7) is 3.68. The zero-order chi connectivity index (χ0) is 21.6. The van der Waals surface area contributed by atoms with E-state index in [0.717, 1.165) is 18.5 Å². The molecule has 0 aliphatic rings. The van der Waals surface area contributed by atoms with Crippen LogP contribution in [-0.4, -0.2) is 12.5 Å². The molecule has 0 saturated carbocycles. The van der Waals surface area contributed by atoms with E-state index in [-0.39, 0.29) is 18.3 Å². The molecule has 0 unspecified atom stereocenters. The molecule has 0 fully saturated rings. The van der Waals surface area contributed by atoms with Crippen LogP contribution in [0, 0.1) is 0 Å². The number of unbranched alkanes of at least 4 members (excludes halogenated alkanes) is 9. The molecule has 0 bridgehead atoms. The lowest BCUT2D eigenvalue weighted by molar-refractivity contribution is -0.688. The van der Waals surface area contributed by atoms with Crippen LogP contribution in [-0.2, 0) is 6.54 Å². The van der Waals surface area contributed by atoms with Gasteiger partial charge in [-0.05, 0) is 18.6 Å². The molecule has 2 aromatic rings. The topological polar surface area (TPSA) is 33.0 Å². The molecule has 0 saturated heterocycles. The highest BCUT2D eigenvalue weighted by Crippen LogP contribution is 2.22. The van der Waals surface area contributed by atoms with Gasteiger partial charge in [0.2, 0.25) is 0 Å². The summed E-state index contributed by atoms with van der Waals surface area (Å²) in [7, 11) is 0. The Morgan fingerprint density at radius 1 is 0.839 bits per heavy atom. The van der Waals surface area contributed by atoms with E-state index in [1.165, 1.54) is 57.8 Å². The molecule has 0 aliphatic heterocycles. The SMILES string of the molecule is CCCCCCCCCCCCNC(=O)c1cc[n+](Cc2ccc(Cl)c(Cl)c2)cc1.[Cl-]. The summed E-state index contributed by atoms with van der Waals surface area (Å²) in [5.74, 6) is -0.00684. The van der Waals surface area contributed by atoms with Crippen LogP contribution < -0.4 is 22.3 Å². The summed E-state index contributed by atoms with van der Waals surface area (Å²) in [4.78, 5) is 12.3. The number of carbonyl (C=O) groups excluding carboxylic acids is 1. The molecular weight excluding hydrogens is 451 g/mol.